The number of carbonyl (C=O) groups excluding carboxylic acids is 2. The minimum absolute atomic E-state index is 0.203. The van der Waals surface area contributed by atoms with Crippen LogP contribution >= 0.6 is 11.8 Å². The number of ether oxygens (including phenoxy) is 1. The van der Waals surface area contributed by atoms with Gasteiger partial charge in [-0.25, -0.2) is 0 Å². The zero-order chi connectivity index (χ0) is 18.5. The maximum atomic E-state index is 12.1. The van der Waals surface area contributed by atoms with Crippen LogP contribution in [0.4, 0.5) is 4.79 Å². The molecule has 0 saturated carbocycles. The first-order valence-corrected chi connectivity index (χ1v) is 8.58. The number of carboxylic acid groups (broad SMARTS) is 1. The molecule has 2 aromatic rings. The molecule has 2 aromatic carbocycles. The van der Waals surface area contributed by atoms with Crippen molar-refractivity contribution in [1.29, 1.82) is 0 Å². The molecule has 0 aromatic heterocycles. The molecule has 1 fully saturated rings. The third-order valence-electron chi connectivity index (χ3n) is 3.59. The molecule has 132 valence electrons. The Hall–Kier alpha value is -3.06. The van der Waals surface area contributed by atoms with E-state index in [4.69, 9.17) is 9.84 Å². The van der Waals surface area contributed by atoms with Gasteiger partial charge in [0.25, 0.3) is 11.1 Å². The van der Waals surface area contributed by atoms with Crippen LogP contribution in [-0.2, 0) is 16.2 Å². The standard InChI is InChI=1S/C19H15NO5S/c21-17(22)11-20-18(23)16(26-19(20)24)10-13-6-8-15(9-7-13)25-12-14-4-2-1-3-5-14/h1-10H,11-12H2,(H,21,22)/b16-10-. The van der Waals surface area contributed by atoms with Crippen LogP contribution in [0.5, 0.6) is 5.75 Å². The van der Waals surface area contributed by atoms with Crippen molar-refractivity contribution in [2.24, 2.45) is 0 Å². The second-order valence-corrected chi connectivity index (χ2v) is 6.50. The van der Waals surface area contributed by atoms with Crippen molar-refractivity contribution in [3.63, 3.8) is 0 Å². The molecule has 3 rings (SSSR count). The van der Waals surface area contributed by atoms with Gasteiger partial charge >= 0.3 is 5.97 Å². The number of hydrogen-bond donors (Lipinski definition) is 1. The second kappa shape index (κ2) is 7.88. The number of carboxylic acids is 1. The monoisotopic (exact) mass is 369 g/mol. The van der Waals surface area contributed by atoms with E-state index in [2.05, 4.69) is 0 Å². The summed E-state index contributed by atoms with van der Waals surface area (Å²) in [6.07, 6.45) is 1.56. The summed E-state index contributed by atoms with van der Waals surface area (Å²) in [6, 6.07) is 16.9. The highest BCUT2D eigenvalue weighted by atomic mass is 32.2. The Morgan fingerprint density at radius 2 is 1.77 bits per heavy atom. The van der Waals surface area contributed by atoms with Crippen molar-refractivity contribution < 1.29 is 24.2 Å². The highest BCUT2D eigenvalue weighted by molar-refractivity contribution is 8.18. The van der Waals surface area contributed by atoms with Crippen LogP contribution in [0.25, 0.3) is 6.08 Å². The lowest BCUT2D eigenvalue weighted by Crippen LogP contribution is -2.33. The molecule has 0 aliphatic carbocycles. The number of amides is 2. The summed E-state index contributed by atoms with van der Waals surface area (Å²) in [5, 5.41) is 8.18. The van der Waals surface area contributed by atoms with Crippen molar-refractivity contribution in [3.8, 4) is 5.75 Å². The van der Waals surface area contributed by atoms with Gasteiger partial charge in [-0.2, -0.15) is 0 Å². The second-order valence-electron chi connectivity index (χ2n) is 5.50. The van der Waals surface area contributed by atoms with Crippen LogP contribution in [0.15, 0.2) is 59.5 Å². The molecule has 0 atom stereocenters. The van der Waals surface area contributed by atoms with Gasteiger partial charge in [0.1, 0.15) is 18.9 Å². The van der Waals surface area contributed by atoms with Crippen LogP contribution in [-0.4, -0.2) is 33.7 Å². The van der Waals surface area contributed by atoms with Crippen molar-refractivity contribution in [2.45, 2.75) is 6.61 Å². The molecule has 1 saturated heterocycles. The van der Waals surface area contributed by atoms with Gasteiger partial charge < -0.3 is 9.84 Å². The highest BCUT2D eigenvalue weighted by Gasteiger charge is 2.36. The fraction of sp³-hybridized carbons (Fsp3) is 0.105. The van der Waals surface area contributed by atoms with Gasteiger partial charge in [0.15, 0.2) is 0 Å². The molecule has 1 aliphatic rings. The molecular weight excluding hydrogens is 354 g/mol. The van der Waals surface area contributed by atoms with Crippen LogP contribution < -0.4 is 4.74 Å². The molecule has 1 N–H and O–H groups in total. The van der Waals surface area contributed by atoms with E-state index in [-0.39, 0.29) is 4.91 Å². The van der Waals surface area contributed by atoms with E-state index >= 15 is 0 Å². The Labute approximate surface area is 154 Å². The van der Waals surface area contributed by atoms with E-state index in [1.807, 2.05) is 30.3 Å². The van der Waals surface area contributed by atoms with E-state index in [9.17, 15) is 14.4 Å². The van der Waals surface area contributed by atoms with Crippen molar-refractivity contribution >= 4 is 35.0 Å². The van der Waals surface area contributed by atoms with Gasteiger partial charge in [0.2, 0.25) is 0 Å². The summed E-state index contributed by atoms with van der Waals surface area (Å²) >= 11 is 0.734. The Kier molecular flexibility index (Phi) is 5.38. The van der Waals surface area contributed by atoms with Crippen LogP contribution in [0.3, 0.4) is 0 Å². The number of carbonyl (C=O) groups is 3. The SMILES string of the molecule is O=C(O)CN1C(=O)S/C(=C\c2ccc(OCc3ccccc3)cc2)C1=O. The fourth-order valence-corrected chi connectivity index (χ4v) is 3.16. The first-order chi connectivity index (χ1) is 12.5. The third-order valence-corrected chi connectivity index (χ3v) is 4.50. The molecule has 6 nitrogen and oxygen atoms in total. The number of aliphatic carboxylic acids is 1. The van der Waals surface area contributed by atoms with Gasteiger partial charge in [-0.15, -0.1) is 0 Å². The van der Waals surface area contributed by atoms with E-state index in [1.165, 1.54) is 0 Å². The Morgan fingerprint density at radius 1 is 1.08 bits per heavy atom. The molecule has 7 heteroatoms. The number of imide groups is 1. The van der Waals surface area contributed by atoms with E-state index in [1.54, 1.807) is 30.3 Å². The lowest BCUT2D eigenvalue weighted by Gasteiger charge is -2.08. The maximum absolute atomic E-state index is 12.1. The lowest BCUT2D eigenvalue weighted by atomic mass is 10.2. The smallest absolute Gasteiger partial charge is 0.323 e. The van der Waals surface area contributed by atoms with Crippen molar-refractivity contribution in [2.75, 3.05) is 6.54 Å². The predicted molar refractivity (Wildman–Crippen MR) is 97.5 cm³/mol. The normalized spacial score (nSPS) is 15.5. The summed E-state index contributed by atoms with van der Waals surface area (Å²) in [5.41, 5.74) is 1.78. The van der Waals surface area contributed by atoms with Gasteiger partial charge in [-0.3, -0.25) is 19.3 Å². The van der Waals surface area contributed by atoms with Gasteiger partial charge in [0, 0.05) is 0 Å². The molecule has 0 radical (unpaired) electrons. The fourth-order valence-electron chi connectivity index (χ4n) is 2.32. The topological polar surface area (TPSA) is 83.9 Å². The first kappa shape index (κ1) is 17.8. The average molecular weight is 369 g/mol. The lowest BCUT2D eigenvalue weighted by molar-refractivity contribution is -0.140. The van der Waals surface area contributed by atoms with Crippen LogP contribution in [0, 0.1) is 0 Å². The molecule has 26 heavy (non-hydrogen) atoms. The molecule has 0 unspecified atom stereocenters. The Bertz CT molecular complexity index is 861. The molecule has 2 amide bonds. The largest absolute Gasteiger partial charge is 0.489 e. The third kappa shape index (κ3) is 4.31. The molecule has 0 spiro atoms. The molecule has 0 bridgehead atoms. The van der Waals surface area contributed by atoms with Gasteiger partial charge in [0.05, 0.1) is 4.91 Å². The molecular formula is C19H15NO5S. The summed E-state index contributed by atoms with van der Waals surface area (Å²) in [7, 11) is 0. The molecule has 1 heterocycles. The quantitative estimate of drug-likeness (QED) is 0.786. The highest BCUT2D eigenvalue weighted by Crippen LogP contribution is 2.32. The number of hydrogen-bond acceptors (Lipinski definition) is 5. The summed E-state index contributed by atoms with van der Waals surface area (Å²) in [4.78, 5) is 35.5. The Morgan fingerprint density at radius 3 is 2.42 bits per heavy atom. The zero-order valence-electron chi connectivity index (χ0n) is 13.6. The summed E-state index contributed by atoms with van der Waals surface area (Å²) in [6.45, 7) is -0.178. The van der Waals surface area contributed by atoms with Crippen LogP contribution in [0.2, 0.25) is 0 Å². The number of benzene rings is 2. The average Bonchev–Trinajstić information content (AvgIpc) is 2.89. The van der Waals surface area contributed by atoms with Gasteiger partial charge in [-0.1, -0.05) is 42.5 Å². The first-order valence-electron chi connectivity index (χ1n) is 7.77. The molecule has 1 aliphatic heterocycles. The summed E-state index contributed by atoms with van der Waals surface area (Å²) in [5.74, 6) is -1.13. The number of nitrogens with zero attached hydrogens (tertiary/aromatic N) is 1. The predicted octanol–water partition coefficient (Wildman–Crippen LogP) is 3.39. The van der Waals surface area contributed by atoms with E-state index in [0.717, 1.165) is 27.8 Å². The van der Waals surface area contributed by atoms with E-state index in [0.29, 0.717) is 12.4 Å². The van der Waals surface area contributed by atoms with Crippen LogP contribution in [0.1, 0.15) is 11.1 Å². The van der Waals surface area contributed by atoms with Crippen molar-refractivity contribution in [1.82, 2.24) is 4.90 Å². The van der Waals surface area contributed by atoms with Gasteiger partial charge in [-0.05, 0) is 41.1 Å². The minimum Gasteiger partial charge on any atom is -0.489 e. The zero-order valence-corrected chi connectivity index (χ0v) is 14.4. The van der Waals surface area contributed by atoms with E-state index < -0.39 is 23.7 Å². The maximum Gasteiger partial charge on any atom is 0.323 e. The minimum atomic E-state index is -1.23. The number of thioether (sulfide) groups is 1. The number of rotatable bonds is 6. The summed E-state index contributed by atoms with van der Waals surface area (Å²) < 4.78 is 5.70. The Balaban J connectivity index is 1.65. The van der Waals surface area contributed by atoms with Crippen molar-refractivity contribution in [3.05, 3.63) is 70.6 Å².